The van der Waals surface area contributed by atoms with E-state index in [0.717, 1.165) is 18.1 Å². The zero-order valence-electron chi connectivity index (χ0n) is 10.4. The van der Waals surface area contributed by atoms with Crippen LogP contribution in [0.4, 0.5) is 5.82 Å². The van der Waals surface area contributed by atoms with Crippen LogP contribution in [-0.2, 0) is 0 Å². The molecule has 1 aromatic rings. The lowest BCUT2D eigenvalue weighted by molar-refractivity contribution is 0.315. The SMILES string of the molecule is CNc1ncnc2c1C(C)N1CC=C(C)C1=C2. The maximum Gasteiger partial charge on any atom is 0.135 e. The molecule has 1 unspecified atom stereocenters. The highest BCUT2D eigenvalue weighted by Crippen LogP contribution is 2.40. The molecule has 4 nitrogen and oxygen atoms in total. The van der Waals surface area contributed by atoms with Gasteiger partial charge in [0.1, 0.15) is 12.1 Å². The Labute approximate surface area is 101 Å². The minimum absolute atomic E-state index is 0.322. The van der Waals surface area contributed by atoms with Gasteiger partial charge < -0.3 is 10.2 Å². The quantitative estimate of drug-likeness (QED) is 0.800. The van der Waals surface area contributed by atoms with Crippen LogP contribution in [0.2, 0.25) is 0 Å². The number of nitrogens with zero attached hydrogens (tertiary/aromatic N) is 3. The zero-order chi connectivity index (χ0) is 12.0. The molecule has 2 aliphatic heterocycles. The fourth-order valence-electron chi connectivity index (χ4n) is 2.65. The average Bonchev–Trinajstić information content (AvgIpc) is 2.71. The topological polar surface area (TPSA) is 41.1 Å². The van der Waals surface area contributed by atoms with E-state index in [-0.39, 0.29) is 0 Å². The third-order valence-corrected chi connectivity index (χ3v) is 3.62. The van der Waals surface area contributed by atoms with E-state index >= 15 is 0 Å². The van der Waals surface area contributed by atoms with Gasteiger partial charge in [0.2, 0.25) is 0 Å². The van der Waals surface area contributed by atoms with E-state index in [1.807, 2.05) is 7.05 Å². The van der Waals surface area contributed by atoms with E-state index < -0.39 is 0 Å². The molecule has 1 N–H and O–H groups in total. The van der Waals surface area contributed by atoms with Crippen LogP contribution in [0.3, 0.4) is 0 Å². The van der Waals surface area contributed by atoms with Crippen molar-refractivity contribution in [2.24, 2.45) is 0 Å². The molecule has 0 saturated heterocycles. The zero-order valence-corrected chi connectivity index (χ0v) is 10.4. The molecule has 0 bridgehead atoms. The van der Waals surface area contributed by atoms with Crippen LogP contribution in [0.25, 0.3) is 6.08 Å². The molecule has 3 heterocycles. The molecule has 0 aromatic carbocycles. The standard InChI is InChI=1S/C13H16N4/c1-8-4-5-17-9(2)12-10(6-11(8)17)15-7-16-13(12)14-3/h4,6-7,9H,5H2,1-3H3,(H,14,15,16). The monoisotopic (exact) mass is 228 g/mol. The Morgan fingerprint density at radius 2 is 2.24 bits per heavy atom. The molecule has 0 radical (unpaired) electrons. The molecule has 0 saturated carbocycles. The minimum atomic E-state index is 0.322. The number of anilines is 1. The molecule has 0 amide bonds. The van der Waals surface area contributed by atoms with Crippen LogP contribution in [0, 0.1) is 0 Å². The highest BCUT2D eigenvalue weighted by molar-refractivity contribution is 5.67. The summed E-state index contributed by atoms with van der Waals surface area (Å²) in [6, 6.07) is 0.322. The first-order valence-electron chi connectivity index (χ1n) is 5.90. The first-order valence-corrected chi connectivity index (χ1v) is 5.90. The number of allylic oxidation sites excluding steroid dienone is 1. The van der Waals surface area contributed by atoms with Gasteiger partial charge in [0.25, 0.3) is 0 Å². The van der Waals surface area contributed by atoms with Crippen molar-refractivity contribution in [2.45, 2.75) is 19.9 Å². The fourth-order valence-corrected chi connectivity index (χ4v) is 2.65. The van der Waals surface area contributed by atoms with Crippen molar-refractivity contribution in [3.05, 3.63) is 34.9 Å². The molecule has 17 heavy (non-hydrogen) atoms. The maximum atomic E-state index is 4.39. The van der Waals surface area contributed by atoms with Crippen LogP contribution < -0.4 is 5.32 Å². The Bertz CT molecular complexity index is 530. The maximum absolute atomic E-state index is 4.39. The van der Waals surface area contributed by atoms with Crippen LogP contribution >= 0.6 is 0 Å². The summed E-state index contributed by atoms with van der Waals surface area (Å²) >= 11 is 0. The number of hydrogen-bond acceptors (Lipinski definition) is 4. The van der Waals surface area contributed by atoms with Crippen LogP contribution in [-0.4, -0.2) is 28.5 Å². The first kappa shape index (κ1) is 10.3. The number of rotatable bonds is 1. The predicted molar refractivity (Wildman–Crippen MR) is 68.4 cm³/mol. The summed E-state index contributed by atoms with van der Waals surface area (Å²) in [6.45, 7) is 5.35. The average molecular weight is 228 g/mol. The largest absolute Gasteiger partial charge is 0.373 e. The number of nitrogens with one attached hydrogen (secondary N) is 1. The Balaban J connectivity index is 2.19. The number of hydrogen-bond donors (Lipinski definition) is 1. The summed E-state index contributed by atoms with van der Waals surface area (Å²) in [4.78, 5) is 11.1. The summed E-state index contributed by atoms with van der Waals surface area (Å²) < 4.78 is 0. The molecule has 88 valence electrons. The summed E-state index contributed by atoms with van der Waals surface area (Å²) in [5.41, 5.74) is 4.87. The molecular formula is C13H16N4. The van der Waals surface area contributed by atoms with Gasteiger partial charge in [-0.05, 0) is 25.5 Å². The minimum Gasteiger partial charge on any atom is -0.373 e. The number of fused-ring (bicyclic) bond motifs is 2. The fraction of sp³-hybridized carbons (Fsp3) is 0.385. The molecule has 4 heteroatoms. The molecule has 1 atom stereocenters. The van der Waals surface area contributed by atoms with Gasteiger partial charge >= 0.3 is 0 Å². The van der Waals surface area contributed by atoms with Gasteiger partial charge in [0, 0.05) is 24.9 Å². The van der Waals surface area contributed by atoms with Crippen molar-refractivity contribution in [3.8, 4) is 0 Å². The highest BCUT2D eigenvalue weighted by Gasteiger charge is 2.31. The van der Waals surface area contributed by atoms with Crippen LogP contribution in [0.1, 0.15) is 31.1 Å². The van der Waals surface area contributed by atoms with E-state index in [1.165, 1.54) is 16.8 Å². The normalized spacial score (nSPS) is 21.6. The highest BCUT2D eigenvalue weighted by atomic mass is 15.2. The van der Waals surface area contributed by atoms with Gasteiger partial charge in [0.15, 0.2) is 0 Å². The third-order valence-electron chi connectivity index (χ3n) is 3.62. The van der Waals surface area contributed by atoms with E-state index in [4.69, 9.17) is 0 Å². The molecule has 3 rings (SSSR count). The van der Waals surface area contributed by atoms with Crippen LogP contribution in [0.15, 0.2) is 23.7 Å². The van der Waals surface area contributed by atoms with Crippen LogP contribution in [0.5, 0.6) is 0 Å². The van der Waals surface area contributed by atoms with Gasteiger partial charge in [-0.3, -0.25) is 0 Å². The molecule has 0 aliphatic carbocycles. The lowest BCUT2D eigenvalue weighted by Gasteiger charge is -2.34. The smallest absolute Gasteiger partial charge is 0.135 e. The van der Waals surface area contributed by atoms with Gasteiger partial charge in [-0.1, -0.05) is 6.08 Å². The Hall–Kier alpha value is -1.84. The van der Waals surface area contributed by atoms with E-state index in [1.54, 1.807) is 6.33 Å². The van der Waals surface area contributed by atoms with Crippen molar-refractivity contribution in [3.63, 3.8) is 0 Å². The molecule has 0 fully saturated rings. The van der Waals surface area contributed by atoms with E-state index in [9.17, 15) is 0 Å². The van der Waals surface area contributed by atoms with Crippen molar-refractivity contribution in [1.82, 2.24) is 14.9 Å². The van der Waals surface area contributed by atoms with Crippen molar-refractivity contribution >= 4 is 11.9 Å². The summed E-state index contributed by atoms with van der Waals surface area (Å²) in [5, 5.41) is 3.15. The molecule has 2 aliphatic rings. The summed E-state index contributed by atoms with van der Waals surface area (Å²) in [7, 11) is 1.90. The molecule has 0 spiro atoms. The second kappa shape index (κ2) is 3.58. The lowest BCUT2D eigenvalue weighted by atomic mass is 9.99. The Morgan fingerprint density at radius 1 is 1.41 bits per heavy atom. The van der Waals surface area contributed by atoms with E-state index in [2.05, 4.69) is 46.2 Å². The van der Waals surface area contributed by atoms with Crippen molar-refractivity contribution < 1.29 is 0 Å². The van der Waals surface area contributed by atoms with Crippen molar-refractivity contribution in [1.29, 1.82) is 0 Å². The Kier molecular flexibility index (Phi) is 2.18. The van der Waals surface area contributed by atoms with Gasteiger partial charge in [-0.2, -0.15) is 0 Å². The summed E-state index contributed by atoms with van der Waals surface area (Å²) in [5.74, 6) is 0.933. The molecule has 1 aromatic heterocycles. The molecular weight excluding hydrogens is 212 g/mol. The first-order chi connectivity index (χ1) is 8.22. The van der Waals surface area contributed by atoms with Gasteiger partial charge in [0.05, 0.1) is 11.7 Å². The second-order valence-electron chi connectivity index (χ2n) is 4.52. The third kappa shape index (κ3) is 1.37. The predicted octanol–water partition coefficient (Wildman–Crippen LogP) is 2.20. The Morgan fingerprint density at radius 3 is 3.00 bits per heavy atom. The number of aromatic nitrogens is 2. The van der Waals surface area contributed by atoms with Gasteiger partial charge in [-0.15, -0.1) is 0 Å². The van der Waals surface area contributed by atoms with Gasteiger partial charge in [-0.25, -0.2) is 9.97 Å². The lowest BCUT2D eigenvalue weighted by Crippen LogP contribution is -2.28. The summed E-state index contributed by atoms with van der Waals surface area (Å²) in [6.07, 6.45) is 6.05. The van der Waals surface area contributed by atoms with Crippen molar-refractivity contribution in [2.75, 3.05) is 18.9 Å². The second-order valence-corrected chi connectivity index (χ2v) is 4.52. The van der Waals surface area contributed by atoms with E-state index in [0.29, 0.717) is 6.04 Å².